The first kappa shape index (κ1) is 12.0. The number of hydrogen-bond donors (Lipinski definition) is 2. The summed E-state index contributed by atoms with van der Waals surface area (Å²) in [5.41, 5.74) is 5.51. The number of carbonyl (C=O) groups is 1. The van der Waals surface area contributed by atoms with Crippen LogP contribution in [-0.2, 0) is 16.1 Å². The minimum absolute atomic E-state index is 0.100. The number of carbonyl (C=O) groups excluding carboxylic acids is 1. The van der Waals surface area contributed by atoms with E-state index in [1.54, 1.807) is 0 Å². The Morgan fingerprint density at radius 3 is 2.86 bits per heavy atom. The highest BCUT2D eigenvalue weighted by atomic mass is 16.5. The largest absolute Gasteiger partial charge is 0.487 e. The third-order valence-electron chi connectivity index (χ3n) is 3.91. The molecular formula is C17H14N2O2. The quantitative estimate of drug-likeness (QED) is 0.788. The zero-order chi connectivity index (χ0) is 14.4. The van der Waals surface area contributed by atoms with Gasteiger partial charge in [-0.25, -0.2) is 0 Å². The number of fused-ring (bicyclic) bond motifs is 2. The van der Waals surface area contributed by atoms with Crippen LogP contribution in [0.25, 0.3) is 11.3 Å². The molecule has 0 unspecified atom stereocenters. The molecule has 2 N–H and O–H groups in total. The molecular weight excluding hydrogens is 264 g/mol. The molecule has 0 aliphatic carbocycles. The highest BCUT2D eigenvalue weighted by molar-refractivity contribution is 6.36. The third kappa shape index (κ3) is 1.72. The molecule has 4 rings (SSSR count). The van der Waals surface area contributed by atoms with Crippen LogP contribution in [-0.4, -0.2) is 13.0 Å². The van der Waals surface area contributed by atoms with Crippen LogP contribution in [0, 0.1) is 0 Å². The van der Waals surface area contributed by atoms with E-state index in [4.69, 9.17) is 4.74 Å². The minimum Gasteiger partial charge on any atom is -0.487 e. The number of ether oxygens (including phenoxy) is 1. The number of amides is 1. The van der Waals surface area contributed by atoms with Gasteiger partial charge in [-0.3, -0.25) is 4.79 Å². The van der Waals surface area contributed by atoms with Crippen LogP contribution in [0.4, 0.5) is 11.4 Å². The SMILES string of the molecule is CNc1ccc2c(c1)COC2=C1C(=O)Nc2ccccc21. The molecule has 0 radical (unpaired) electrons. The lowest BCUT2D eigenvalue weighted by molar-refractivity contribution is -0.110. The summed E-state index contributed by atoms with van der Waals surface area (Å²) in [4.78, 5) is 12.3. The fourth-order valence-corrected chi connectivity index (χ4v) is 2.87. The number of hydrogen-bond acceptors (Lipinski definition) is 3. The van der Waals surface area contributed by atoms with Crippen LogP contribution < -0.4 is 10.6 Å². The smallest absolute Gasteiger partial charge is 0.260 e. The zero-order valence-corrected chi connectivity index (χ0v) is 11.6. The Kier molecular flexibility index (Phi) is 2.51. The molecule has 0 atom stereocenters. The predicted molar refractivity (Wildman–Crippen MR) is 82.7 cm³/mol. The van der Waals surface area contributed by atoms with E-state index in [9.17, 15) is 4.79 Å². The maximum atomic E-state index is 12.3. The molecule has 0 saturated carbocycles. The summed E-state index contributed by atoms with van der Waals surface area (Å²) in [6.45, 7) is 0.499. The molecule has 0 bridgehead atoms. The highest BCUT2D eigenvalue weighted by Gasteiger charge is 2.32. The molecule has 21 heavy (non-hydrogen) atoms. The molecule has 2 aromatic rings. The van der Waals surface area contributed by atoms with Crippen molar-refractivity contribution in [1.29, 1.82) is 0 Å². The molecule has 104 valence electrons. The van der Waals surface area contributed by atoms with Gasteiger partial charge in [0, 0.05) is 35.1 Å². The molecule has 2 heterocycles. The summed E-state index contributed by atoms with van der Waals surface area (Å²) in [6, 6.07) is 13.7. The van der Waals surface area contributed by atoms with E-state index in [1.165, 1.54) is 0 Å². The molecule has 0 spiro atoms. The van der Waals surface area contributed by atoms with Gasteiger partial charge in [-0.2, -0.15) is 0 Å². The van der Waals surface area contributed by atoms with Crippen molar-refractivity contribution in [2.24, 2.45) is 0 Å². The van der Waals surface area contributed by atoms with Gasteiger partial charge in [-0.05, 0) is 24.3 Å². The van der Waals surface area contributed by atoms with Gasteiger partial charge < -0.3 is 15.4 Å². The summed E-state index contributed by atoms with van der Waals surface area (Å²) in [5.74, 6) is 0.576. The molecule has 4 nitrogen and oxygen atoms in total. The average Bonchev–Trinajstić information content (AvgIpc) is 3.06. The van der Waals surface area contributed by atoms with Crippen molar-refractivity contribution in [3.8, 4) is 0 Å². The number of anilines is 2. The molecule has 0 fully saturated rings. The molecule has 2 aliphatic rings. The molecule has 1 amide bonds. The standard InChI is InChI=1S/C17H14N2O2/c1-18-11-6-7-12-10(8-11)9-21-16(12)15-13-4-2-3-5-14(13)19-17(15)20/h2-8,18H,9H2,1H3,(H,19,20). The lowest BCUT2D eigenvalue weighted by Crippen LogP contribution is -2.05. The van der Waals surface area contributed by atoms with Gasteiger partial charge in [-0.1, -0.05) is 18.2 Å². The van der Waals surface area contributed by atoms with Crippen molar-refractivity contribution < 1.29 is 9.53 Å². The number of benzene rings is 2. The van der Waals surface area contributed by atoms with Crippen molar-refractivity contribution in [1.82, 2.24) is 0 Å². The fraction of sp³-hybridized carbons (Fsp3) is 0.118. The van der Waals surface area contributed by atoms with E-state index < -0.39 is 0 Å². The van der Waals surface area contributed by atoms with E-state index >= 15 is 0 Å². The van der Waals surface area contributed by atoms with Gasteiger partial charge in [0.05, 0.1) is 5.57 Å². The van der Waals surface area contributed by atoms with E-state index in [1.807, 2.05) is 43.4 Å². The lowest BCUT2D eigenvalue weighted by Gasteiger charge is -2.05. The molecule has 2 aromatic carbocycles. The van der Waals surface area contributed by atoms with Crippen LogP contribution in [0.3, 0.4) is 0 Å². The average molecular weight is 278 g/mol. The van der Waals surface area contributed by atoms with Crippen molar-refractivity contribution in [3.63, 3.8) is 0 Å². The van der Waals surface area contributed by atoms with Gasteiger partial charge in [0.15, 0.2) is 0 Å². The summed E-state index contributed by atoms with van der Waals surface area (Å²) in [6.07, 6.45) is 0. The van der Waals surface area contributed by atoms with Gasteiger partial charge in [0.2, 0.25) is 0 Å². The Morgan fingerprint density at radius 2 is 2.00 bits per heavy atom. The summed E-state index contributed by atoms with van der Waals surface area (Å²) >= 11 is 0. The van der Waals surface area contributed by atoms with E-state index in [0.717, 1.165) is 28.1 Å². The van der Waals surface area contributed by atoms with E-state index in [2.05, 4.69) is 16.7 Å². The first-order chi connectivity index (χ1) is 10.3. The van der Waals surface area contributed by atoms with Crippen LogP contribution in [0.2, 0.25) is 0 Å². The Hall–Kier alpha value is -2.75. The Balaban J connectivity index is 1.91. The first-order valence-corrected chi connectivity index (χ1v) is 6.87. The van der Waals surface area contributed by atoms with Crippen molar-refractivity contribution in [3.05, 3.63) is 59.2 Å². The molecule has 4 heteroatoms. The second-order valence-electron chi connectivity index (χ2n) is 5.11. The third-order valence-corrected chi connectivity index (χ3v) is 3.91. The Labute approximate surface area is 122 Å². The van der Waals surface area contributed by atoms with E-state index in [-0.39, 0.29) is 5.91 Å². The first-order valence-electron chi connectivity index (χ1n) is 6.87. The second-order valence-corrected chi connectivity index (χ2v) is 5.11. The molecule has 2 aliphatic heterocycles. The maximum Gasteiger partial charge on any atom is 0.260 e. The van der Waals surface area contributed by atoms with Crippen LogP contribution in [0.1, 0.15) is 16.7 Å². The maximum absolute atomic E-state index is 12.3. The summed E-state index contributed by atoms with van der Waals surface area (Å²) in [7, 11) is 1.89. The van der Waals surface area contributed by atoms with Crippen LogP contribution in [0.15, 0.2) is 42.5 Å². The number of rotatable bonds is 1. The zero-order valence-electron chi connectivity index (χ0n) is 11.6. The fourth-order valence-electron chi connectivity index (χ4n) is 2.87. The topological polar surface area (TPSA) is 50.4 Å². The normalized spacial score (nSPS) is 18.8. The summed E-state index contributed by atoms with van der Waals surface area (Å²) in [5, 5.41) is 6.00. The number of nitrogens with one attached hydrogen (secondary N) is 2. The highest BCUT2D eigenvalue weighted by Crippen LogP contribution is 2.41. The van der Waals surface area contributed by atoms with Crippen molar-refractivity contribution in [2.75, 3.05) is 17.7 Å². The molecule has 0 saturated heterocycles. The minimum atomic E-state index is -0.100. The van der Waals surface area contributed by atoms with Crippen LogP contribution in [0.5, 0.6) is 0 Å². The predicted octanol–water partition coefficient (Wildman–Crippen LogP) is 3.08. The Morgan fingerprint density at radius 1 is 1.14 bits per heavy atom. The van der Waals surface area contributed by atoms with E-state index in [0.29, 0.717) is 17.9 Å². The van der Waals surface area contributed by atoms with Gasteiger partial charge in [0.25, 0.3) is 5.91 Å². The lowest BCUT2D eigenvalue weighted by atomic mass is 10.0. The van der Waals surface area contributed by atoms with Gasteiger partial charge in [0.1, 0.15) is 12.4 Å². The van der Waals surface area contributed by atoms with Crippen LogP contribution >= 0.6 is 0 Å². The van der Waals surface area contributed by atoms with Crippen molar-refractivity contribution >= 4 is 28.6 Å². The molecule has 0 aromatic heterocycles. The van der Waals surface area contributed by atoms with Gasteiger partial charge >= 0.3 is 0 Å². The van der Waals surface area contributed by atoms with Gasteiger partial charge in [-0.15, -0.1) is 0 Å². The monoisotopic (exact) mass is 278 g/mol. The Bertz CT molecular complexity index is 793. The summed E-state index contributed by atoms with van der Waals surface area (Å²) < 4.78 is 5.83. The van der Waals surface area contributed by atoms with Crippen molar-refractivity contribution in [2.45, 2.75) is 6.61 Å². The number of para-hydroxylation sites is 1. The second kappa shape index (κ2) is 4.38.